The van der Waals surface area contributed by atoms with Crippen molar-refractivity contribution >= 4 is 5.91 Å². The van der Waals surface area contributed by atoms with E-state index >= 15 is 0 Å². The van der Waals surface area contributed by atoms with Gasteiger partial charge < -0.3 is 5.32 Å². The molecule has 3 aromatic rings. The number of benzene rings is 1. The molecule has 0 saturated heterocycles. The molecule has 0 radical (unpaired) electrons. The van der Waals surface area contributed by atoms with Crippen LogP contribution in [0.2, 0.25) is 0 Å². The lowest BCUT2D eigenvalue weighted by Gasteiger charge is -2.07. The monoisotopic (exact) mass is 338 g/mol. The minimum atomic E-state index is -0.00916. The van der Waals surface area contributed by atoms with Crippen LogP contribution in [0.25, 0.3) is 0 Å². The van der Waals surface area contributed by atoms with Gasteiger partial charge in [-0.1, -0.05) is 30.3 Å². The van der Waals surface area contributed by atoms with Crippen molar-refractivity contribution in [1.29, 1.82) is 0 Å². The Bertz CT molecular complexity index is 823. The van der Waals surface area contributed by atoms with E-state index in [2.05, 4.69) is 32.6 Å². The molecule has 0 atom stereocenters. The average Bonchev–Trinajstić information content (AvgIpc) is 3.22. The molecule has 0 aliphatic rings. The number of aryl methyl sites for hydroxylation is 2. The van der Waals surface area contributed by atoms with E-state index in [1.54, 1.807) is 11.0 Å². The highest BCUT2D eigenvalue weighted by atomic mass is 16.1. The number of aromatic nitrogens is 5. The van der Waals surface area contributed by atoms with E-state index in [1.807, 2.05) is 36.7 Å². The zero-order chi connectivity index (χ0) is 17.6. The molecule has 0 fully saturated rings. The summed E-state index contributed by atoms with van der Waals surface area (Å²) in [5.41, 5.74) is 4.31. The second-order valence-corrected chi connectivity index (χ2v) is 5.98. The number of amides is 1. The van der Waals surface area contributed by atoms with Crippen molar-refractivity contribution in [2.24, 2.45) is 0 Å². The molecule has 2 heterocycles. The van der Waals surface area contributed by atoms with Gasteiger partial charge in [0.2, 0.25) is 5.91 Å². The molecular formula is C18H22N6O. The summed E-state index contributed by atoms with van der Waals surface area (Å²) in [7, 11) is 0. The summed E-state index contributed by atoms with van der Waals surface area (Å²) in [6.45, 7) is 5.76. The summed E-state index contributed by atoms with van der Waals surface area (Å²) in [5, 5.41) is 11.6. The van der Waals surface area contributed by atoms with Gasteiger partial charge in [0.1, 0.15) is 12.7 Å². The van der Waals surface area contributed by atoms with E-state index < -0.39 is 0 Å². The number of rotatable bonds is 7. The maximum absolute atomic E-state index is 12.0. The molecule has 0 aliphatic carbocycles. The van der Waals surface area contributed by atoms with Crippen molar-refractivity contribution in [1.82, 2.24) is 29.9 Å². The van der Waals surface area contributed by atoms with Crippen LogP contribution in [0.15, 0.2) is 43.0 Å². The van der Waals surface area contributed by atoms with Gasteiger partial charge in [-0.2, -0.15) is 10.2 Å². The molecule has 1 amide bonds. The van der Waals surface area contributed by atoms with Crippen molar-refractivity contribution in [2.45, 2.75) is 39.9 Å². The third kappa shape index (κ3) is 4.32. The number of hydrogen-bond acceptors (Lipinski definition) is 4. The summed E-state index contributed by atoms with van der Waals surface area (Å²) < 4.78 is 3.63. The molecule has 25 heavy (non-hydrogen) atoms. The van der Waals surface area contributed by atoms with E-state index in [-0.39, 0.29) is 5.91 Å². The second-order valence-electron chi connectivity index (χ2n) is 5.98. The minimum Gasteiger partial charge on any atom is -0.352 e. The van der Waals surface area contributed by atoms with Crippen LogP contribution in [0.1, 0.15) is 28.9 Å². The fourth-order valence-electron chi connectivity index (χ4n) is 2.74. The number of hydrogen-bond donors (Lipinski definition) is 1. The molecule has 7 heteroatoms. The maximum Gasteiger partial charge on any atom is 0.222 e. The summed E-state index contributed by atoms with van der Waals surface area (Å²) >= 11 is 0. The first-order valence-electron chi connectivity index (χ1n) is 8.29. The predicted octanol–water partition coefficient (Wildman–Crippen LogP) is 1.85. The third-order valence-corrected chi connectivity index (χ3v) is 4.20. The number of carbonyl (C=O) groups excluding carboxylic acids is 1. The van der Waals surface area contributed by atoms with Crippen molar-refractivity contribution in [3.63, 3.8) is 0 Å². The highest BCUT2D eigenvalue weighted by molar-refractivity contribution is 5.75. The Labute approximate surface area is 146 Å². The van der Waals surface area contributed by atoms with Crippen LogP contribution >= 0.6 is 0 Å². The zero-order valence-corrected chi connectivity index (χ0v) is 14.5. The fraction of sp³-hybridized carbons (Fsp3) is 0.333. The van der Waals surface area contributed by atoms with Crippen LogP contribution in [0.5, 0.6) is 0 Å². The topological polar surface area (TPSA) is 77.6 Å². The summed E-state index contributed by atoms with van der Waals surface area (Å²) in [6, 6.07) is 10.2. The van der Waals surface area contributed by atoms with Crippen molar-refractivity contribution in [3.8, 4) is 0 Å². The quantitative estimate of drug-likeness (QED) is 0.713. The SMILES string of the molecule is Cc1nn(Cc2ccccc2)c(C)c1CNC(=O)CCn1cncn1. The Kier molecular flexibility index (Phi) is 5.23. The van der Waals surface area contributed by atoms with Crippen molar-refractivity contribution < 1.29 is 4.79 Å². The molecule has 130 valence electrons. The Morgan fingerprint density at radius 3 is 2.72 bits per heavy atom. The average molecular weight is 338 g/mol. The Morgan fingerprint density at radius 1 is 1.20 bits per heavy atom. The number of nitrogens with zero attached hydrogens (tertiary/aromatic N) is 5. The lowest BCUT2D eigenvalue weighted by atomic mass is 10.2. The lowest BCUT2D eigenvalue weighted by molar-refractivity contribution is -0.121. The molecule has 1 N–H and O–H groups in total. The van der Waals surface area contributed by atoms with Crippen molar-refractivity contribution in [2.75, 3.05) is 0 Å². The number of carbonyl (C=O) groups is 1. The molecule has 0 unspecified atom stereocenters. The van der Waals surface area contributed by atoms with E-state index in [0.717, 1.165) is 23.5 Å². The van der Waals surface area contributed by atoms with E-state index in [4.69, 9.17) is 0 Å². The summed E-state index contributed by atoms with van der Waals surface area (Å²) in [5.74, 6) is -0.00916. The molecule has 0 bridgehead atoms. The minimum absolute atomic E-state index is 0.00916. The van der Waals surface area contributed by atoms with Gasteiger partial charge in [0, 0.05) is 24.2 Å². The Balaban J connectivity index is 1.58. The largest absolute Gasteiger partial charge is 0.352 e. The van der Waals surface area contributed by atoms with Gasteiger partial charge in [-0.15, -0.1) is 0 Å². The van der Waals surface area contributed by atoms with E-state index in [0.29, 0.717) is 19.5 Å². The number of nitrogens with one attached hydrogen (secondary N) is 1. The standard InChI is InChI=1S/C18H22N6O/c1-14-17(10-20-18(25)8-9-23-13-19-12-21-23)15(2)24(22-14)11-16-6-4-3-5-7-16/h3-7,12-13H,8-11H2,1-2H3,(H,20,25). The maximum atomic E-state index is 12.0. The van der Waals surface area contributed by atoms with E-state index in [9.17, 15) is 4.79 Å². The van der Waals surface area contributed by atoms with Gasteiger partial charge in [0.25, 0.3) is 0 Å². The van der Waals surface area contributed by atoms with Crippen molar-refractivity contribution in [3.05, 3.63) is 65.5 Å². The van der Waals surface area contributed by atoms with Crippen LogP contribution < -0.4 is 5.32 Å². The van der Waals surface area contributed by atoms with Crippen LogP contribution in [0.3, 0.4) is 0 Å². The molecule has 1 aromatic carbocycles. The van der Waals surface area contributed by atoms with Gasteiger partial charge in [0.05, 0.1) is 18.8 Å². The van der Waals surface area contributed by atoms with Crippen LogP contribution in [0.4, 0.5) is 0 Å². The van der Waals surface area contributed by atoms with Crippen LogP contribution in [0, 0.1) is 13.8 Å². The summed E-state index contributed by atoms with van der Waals surface area (Å²) in [6.07, 6.45) is 3.44. The van der Waals surface area contributed by atoms with Gasteiger partial charge in [-0.05, 0) is 19.4 Å². The van der Waals surface area contributed by atoms with Gasteiger partial charge >= 0.3 is 0 Å². The normalized spacial score (nSPS) is 10.8. The first-order chi connectivity index (χ1) is 12.1. The Morgan fingerprint density at radius 2 is 2.00 bits per heavy atom. The lowest BCUT2D eigenvalue weighted by Crippen LogP contribution is -2.24. The molecular weight excluding hydrogens is 316 g/mol. The summed E-state index contributed by atoms with van der Waals surface area (Å²) in [4.78, 5) is 15.9. The van der Waals surface area contributed by atoms with Gasteiger partial charge in [0.15, 0.2) is 0 Å². The molecule has 2 aromatic heterocycles. The smallest absolute Gasteiger partial charge is 0.222 e. The molecule has 0 saturated carbocycles. The second kappa shape index (κ2) is 7.74. The highest BCUT2D eigenvalue weighted by Crippen LogP contribution is 2.14. The first kappa shape index (κ1) is 16.9. The van der Waals surface area contributed by atoms with Crippen LogP contribution in [-0.4, -0.2) is 30.5 Å². The van der Waals surface area contributed by atoms with Crippen LogP contribution in [-0.2, 0) is 24.4 Å². The third-order valence-electron chi connectivity index (χ3n) is 4.20. The van der Waals surface area contributed by atoms with Gasteiger partial charge in [-0.25, -0.2) is 4.98 Å². The zero-order valence-electron chi connectivity index (χ0n) is 14.5. The fourth-order valence-corrected chi connectivity index (χ4v) is 2.74. The highest BCUT2D eigenvalue weighted by Gasteiger charge is 2.13. The predicted molar refractivity (Wildman–Crippen MR) is 93.7 cm³/mol. The van der Waals surface area contributed by atoms with E-state index in [1.165, 1.54) is 11.9 Å². The molecule has 0 aliphatic heterocycles. The molecule has 3 rings (SSSR count). The molecule has 7 nitrogen and oxygen atoms in total. The first-order valence-corrected chi connectivity index (χ1v) is 8.29. The molecule has 0 spiro atoms. The Hall–Kier alpha value is -2.96. The van der Waals surface area contributed by atoms with Gasteiger partial charge in [-0.3, -0.25) is 14.2 Å².